The number of rotatable bonds is 11. The number of benzene rings is 1. The van der Waals surface area contributed by atoms with Crippen LogP contribution in [-0.2, 0) is 17.8 Å². The lowest BCUT2D eigenvalue weighted by Gasteiger charge is -2.21. The number of halogens is 2. The summed E-state index contributed by atoms with van der Waals surface area (Å²) in [5, 5.41) is 6.63. The van der Waals surface area contributed by atoms with Crippen LogP contribution >= 0.6 is 24.0 Å². The van der Waals surface area contributed by atoms with Crippen molar-refractivity contribution in [3.63, 3.8) is 0 Å². The third kappa shape index (κ3) is 10.6. The van der Waals surface area contributed by atoms with E-state index in [-0.39, 0.29) is 35.9 Å². The van der Waals surface area contributed by atoms with Gasteiger partial charge in [-0.05, 0) is 58.0 Å². The molecular formula is C21H38FIN4O. The van der Waals surface area contributed by atoms with Gasteiger partial charge in [0.2, 0.25) is 0 Å². The van der Waals surface area contributed by atoms with Crippen LogP contribution in [0.2, 0.25) is 0 Å². The number of guanidine groups is 1. The maximum atomic E-state index is 13.9. The first-order valence-electron chi connectivity index (χ1n) is 9.93. The molecule has 0 bridgehead atoms. The molecule has 1 atom stereocenters. The Morgan fingerprint density at radius 1 is 1.21 bits per heavy atom. The largest absolute Gasteiger partial charge is 0.378 e. The molecule has 0 heterocycles. The van der Waals surface area contributed by atoms with Gasteiger partial charge in [-0.25, -0.2) is 9.38 Å². The van der Waals surface area contributed by atoms with Gasteiger partial charge in [0.1, 0.15) is 5.82 Å². The molecule has 1 unspecified atom stereocenters. The number of aliphatic imine (C=N–C) groups is 1. The molecule has 0 aliphatic carbocycles. The molecule has 0 saturated heterocycles. The van der Waals surface area contributed by atoms with Gasteiger partial charge in [0.05, 0.1) is 12.6 Å². The summed E-state index contributed by atoms with van der Waals surface area (Å²) in [4.78, 5) is 6.60. The molecule has 0 aliphatic rings. The Kier molecular flexibility index (Phi) is 14.5. The third-order valence-corrected chi connectivity index (χ3v) is 4.21. The van der Waals surface area contributed by atoms with E-state index in [2.05, 4.69) is 29.5 Å². The van der Waals surface area contributed by atoms with Crippen molar-refractivity contribution in [3.05, 3.63) is 35.1 Å². The van der Waals surface area contributed by atoms with Gasteiger partial charge in [0, 0.05) is 31.8 Å². The molecule has 162 valence electrons. The molecule has 1 rings (SSSR count). The Bertz CT molecular complexity index is 582. The molecule has 28 heavy (non-hydrogen) atoms. The molecule has 1 aromatic rings. The van der Waals surface area contributed by atoms with E-state index >= 15 is 0 Å². The van der Waals surface area contributed by atoms with E-state index in [1.807, 2.05) is 38.9 Å². The number of hydrogen-bond donors (Lipinski definition) is 2. The van der Waals surface area contributed by atoms with Crippen molar-refractivity contribution in [2.75, 3.05) is 33.8 Å². The fourth-order valence-corrected chi connectivity index (χ4v) is 2.86. The minimum atomic E-state index is -0.169. The fraction of sp³-hybridized carbons (Fsp3) is 0.667. The van der Waals surface area contributed by atoms with Gasteiger partial charge in [-0.1, -0.05) is 19.9 Å². The molecule has 0 radical (unpaired) electrons. The first kappa shape index (κ1) is 27.1. The second-order valence-electron chi connectivity index (χ2n) is 7.31. The van der Waals surface area contributed by atoms with Gasteiger partial charge in [-0.15, -0.1) is 24.0 Å². The summed E-state index contributed by atoms with van der Waals surface area (Å²) in [5.74, 6) is 1.09. The summed E-state index contributed by atoms with van der Waals surface area (Å²) in [6, 6.07) is 5.22. The maximum absolute atomic E-state index is 13.9. The Balaban J connectivity index is 0.00000729. The van der Waals surface area contributed by atoms with Crippen molar-refractivity contribution in [2.24, 2.45) is 10.9 Å². The van der Waals surface area contributed by atoms with Gasteiger partial charge in [-0.3, -0.25) is 0 Å². The summed E-state index contributed by atoms with van der Waals surface area (Å²) >= 11 is 0. The highest BCUT2D eigenvalue weighted by molar-refractivity contribution is 14.0. The van der Waals surface area contributed by atoms with Crippen LogP contribution in [0.25, 0.3) is 0 Å². The van der Waals surface area contributed by atoms with Crippen LogP contribution in [-0.4, -0.2) is 50.8 Å². The topological polar surface area (TPSA) is 48.9 Å². The van der Waals surface area contributed by atoms with Crippen molar-refractivity contribution >= 4 is 29.9 Å². The van der Waals surface area contributed by atoms with Gasteiger partial charge in [0.15, 0.2) is 5.96 Å². The molecule has 1 aromatic carbocycles. The number of nitrogens with zero attached hydrogens (tertiary/aromatic N) is 2. The average molecular weight is 508 g/mol. The normalized spacial score (nSPS) is 12.8. The standard InChI is InChI=1S/C21H37FN4O.HI/c1-7-23-21(24-12-11-20(16(3)4)27-8-2)25-14-17-9-10-19(22)18(13-17)15-26(5)6;/h9-10,13,16,20H,7-8,11-12,14-15H2,1-6H3,(H2,23,24,25);1H. The van der Waals surface area contributed by atoms with Crippen molar-refractivity contribution in [1.29, 1.82) is 0 Å². The van der Waals surface area contributed by atoms with Crippen LogP contribution in [0.1, 0.15) is 45.2 Å². The highest BCUT2D eigenvalue weighted by atomic mass is 127. The summed E-state index contributed by atoms with van der Waals surface area (Å²) in [5.41, 5.74) is 1.70. The molecule has 0 fully saturated rings. The van der Waals surface area contributed by atoms with E-state index in [0.717, 1.165) is 37.6 Å². The first-order chi connectivity index (χ1) is 12.9. The molecule has 5 nitrogen and oxygen atoms in total. The second-order valence-corrected chi connectivity index (χ2v) is 7.31. The van der Waals surface area contributed by atoms with E-state index in [1.165, 1.54) is 6.07 Å². The number of ether oxygens (including phenoxy) is 1. The fourth-order valence-electron chi connectivity index (χ4n) is 2.86. The van der Waals surface area contributed by atoms with E-state index in [9.17, 15) is 4.39 Å². The zero-order valence-electron chi connectivity index (χ0n) is 18.2. The Morgan fingerprint density at radius 3 is 2.50 bits per heavy atom. The predicted molar refractivity (Wildman–Crippen MR) is 127 cm³/mol. The van der Waals surface area contributed by atoms with Gasteiger partial charge in [0.25, 0.3) is 0 Å². The van der Waals surface area contributed by atoms with Gasteiger partial charge < -0.3 is 20.3 Å². The van der Waals surface area contributed by atoms with Gasteiger partial charge in [-0.2, -0.15) is 0 Å². The molecule has 0 spiro atoms. The molecule has 7 heteroatoms. The summed E-state index contributed by atoms with van der Waals surface area (Å²) in [6.07, 6.45) is 1.18. The maximum Gasteiger partial charge on any atom is 0.191 e. The van der Waals surface area contributed by atoms with E-state index in [4.69, 9.17) is 4.74 Å². The van der Waals surface area contributed by atoms with Crippen molar-refractivity contribution < 1.29 is 9.13 Å². The molecule has 2 N–H and O–H groups in total. The molecule has 0 aliphatic heterocycles. The Hall–Kier alpha value is -0.930. The van der Waals surface area contributed by atoms with Crippen LogP contribution in [0.15, 0.2) is 23.2 Å². The SMILES string of the molecule is CCNC(=NCc1ccc(F)c(CN(C)C)c1)NCCC(OCC)C(C)C.I. The number of hydrogen-bond acceptors (Lipinski definition) is 3. The molecule has 0 amide bonds. The zero-order chi connectivity index (χ0) is 20.2. The zero-order valence-corrected chi connectivity index (χ0v) is 20.5. The molecule has 0 saturated carbocycles. The average Bonchev–Trinajstić information content (AvgIpc) is 2.60. The first-order valence-corrected chi connectivity index (χ1v) is 9.93. The van der Waals surface area contributed by atoms with Crippen molar-refractivity contribution in [2.45, 2.75) is 53.3 Å². The lowest BCUT2D eigenvalue weighted by Crippen LogP contribution is -2.39. The third-order valence-electron chi connectivity index (χ3n) is 4.21. The van der Waals surface area contributed by atoms with Crippen LogP contribution in [0, 0.1) is 11.7 Å². The van der Waals surface area contributed by atoms with Gasteiger partial charge >= 0.3 is 0 Å². The number of nitrogens with one attached hydrogen (secondary N) is 2. The van der Waals surface area contributed by atoms with Crippen LogP contribution in [0.4, 0.5) is 4.39 Å². The van der Waals surface area contributed by atoms with Crippen LogP contribution in [0.3, 0.4) is 0 Å². The summed E-state index contributed by atoms with van der Waals surface area (Å²) < 4.78 is 19.7. The predicted octanol–water partition coefficient (Wildman–Crippen LogP) is 4.01. The van der Waals surface area contributed by atoms with Crippen molar-refractivity contribution in [1.82, 2.24) is 15.5 Å². The van der Waals surface area contributed by atoms with Crippen molar-refractivity contribution in [3.8, 4) is 0 Å². The lowest BCUT2D eigenvalue weighted by molar-refractivity contribution is 0.0258. The van der Waals surface area contributed by atoms with E-state index in [1.54, 1.807) is 6.07 Å². The Morgan fingerprint density at radius 2 is 1.93 bits per heavy atom. The quantitative estimate of drug-likeness (QED) is 0.270. The summed E-state index contributed by atoms with van der Waals surface area (Å²) in [7, 11) is 3.87. The second kappa shape index (κ2) is 15.0. The highest BCUT2D eigenvalue weighted by Crippen LogP contribution is 2.13. The van der Waals surface area contributed by atoms with Crippen LogP contribution < -0.4 is 10.6 Å². The molecular weight excluding hydrogens is 470 g/mol. The monoisotopic (exact) mass is 508 g/mol. The van der Waals surface area contributed by atoms with Crippen LogP contribution in [0.5, 0.6) is 0 Å². The minimum absolute atomic E-state index is 0. The Labute approximate surface area is 187 Å². The van der Waals surface area contributed by atoms with E-state index < -0.39 is 0 Å². The lowest BCUT2D eigenvalue weighted by atomic mass is 10.0. The smallest absolute Gasteiger partial charge is 0.191 e. The highest BCUT2D eigenvalue weighted by Gasteiger charge is 2.13. The minimum Gasteiger partial charge on any atom is -0.378 e. The summed E-state index contributed by atoms with van der Waals surface area (Å²) in [6.45, 7) is 11.8. The molecule has 0 aromatic heterocycles. The van der Waals surface area contributed by atoms with E-state index in [0.29, 0.717) is 24.6 Å².